The predicted octanol–water partition coefficient (Wildman–Crippen LogP) is 9.75. The maximum absolute atomic E-state index is 5.56. The zero-order valence-electron chi connectivity index (χ0n) is 24.5. The number of fused-ring (bicyclic) bond motifs is 3. The fourth-order valence-corrected chi connectivity index (χ4v) is 7.82. The maximum atomic E-state index is 5.56. The summed E-state index contributed by atoms with van der Waals surface area (Å²) in [6.45, 7) is 18.6. The summed E-state index contributed by atoms with van der Waals surface area (Å²) >= 11 is 0. The van der Waals surface area contributed by atoms with Crippen molar-refractivity contribution in [2.45, 2.75) is 124 Å². The van der Waals surface area contributed by atoms with Gasteiger partial charge in [0.2, 0.25) is 0 Å². The third-order valence-corrected chi connectivity index (χ3v) is 9.68. The average Bonchev–Trinajstić information content (AvgIpc) is 3.59. The number of rotatable bonds is 6. The predicted molar refractivity (Wildman–Crippen MR) is 158 cm³/mol. The molecule has 3 aliphatic rings. The molecule has 1 nitrogen and oxygen atoms in total. The minimum Gasteiger partial charge on any atom is -0.285 e. The van der Waals surface area contributed by atoms with E-state index in [2.05, 4.69) is 77.9 Å². The van der Waals surface area contributed by atoms with E-state index in [1.165, 1.54) is 73.8 Å². The Morgan fingerprint density at radius 2 is 1.81 bits per heavy atom. The van der Waals surface area contributed by atoms with Gasteiger partial charge >= 0.3 is 0 Å². The Morgan fingerprint density at radius 3 is 2.50 bits per heavy atom. The van der Waals surface area contributed by atoms with Crippen molar-refractivity contribution in [2.75, 3.05) is 0 Å². The summed E-state index contributed by atoms with van der Waals surface area (Å²) in [5.41, 5.74) is 11.0. The van der Waals surface area contributed by atoms with Crippen molar-refractivity contribution in [1.29, 1.82) is 0 Å². The number of aryl methyl sites for hydroxylation is 2. The minimum absolute atomic E-state index is 0.315. The molecule has 0 heterocycles. The second-order valence-electron chi connectivity index (χ2n) is 12.4. The summed E-state index contributed by atoms with van der Waals surface area (Å²) in [6.07, 6.45) is 10.4. The van der Waals surface area contributed by atoms with Gasteiger partial charge < -0.3 is 0 Å². The molecule has 2 saturated carbocycles. The molecule has 0 bridgehead atoms. The van der Waals surface area contributed by atoms with Crippen LogP contribution < -0.4 is 0 Å². The van der Waals surface area contributed by atoms with Gasteiger partial charge in [-0.15, -0.1) is 0 Å². The lowest BCUT2D eigenvalue weighted by Crippen LogP contribution is -2.45. The average molecular weight is 486 g/mol. The zero-order chi connectivity index (χ0) is 26.0. The first-order chi connectivity index (χ1) is 17.3. The monoisotopic (exact) mass is 485 g/mol. The van der Waals surface area contributed by atoms with Crippen LogP contribution in [0.15, 0.2) is 41.4 Å². The molecule has 0 aliphatic heterocycles. The zero-order valence-corrected chi connectivity index (χ0v) is 24.5. The van der Waals surface area contributed by atoms with Gasteiger partial charge in [-0.1, -0.05) is 90.8 Å². The molecule has 1 heteroatoms. The third-order valence-electron chi connectivity index (χ3n) is 9.68. The molecule has 2 aromatic rings. The van der Waals surface area contributed by atoms with Crippen LogP contribution in [-0.2, 0) is 11.8 Å². The van der Waals surface area contributed by atoms with Crippen molar-refractivity contribution in [1.82, 2.24) is 0 Å². The standard InChI is InChI=1S/C33H45N.C2H6/c1-21(2)31-23(4)18-28-32(24(31)5)30(20-27-22(3)12-11-17-33(27,28)6)34-29-19-26(29)16-10-15-25-13-8-7-9-14-25;1-2/h7-9,13-14,18,21-22,26-27,29H,10-12,15-17,19-20H2,1-6H3;1-2H3. The van der Waals surface area contributed by atoms with Crippen LogP contribution in [0.3, 0.4) is 0 Å². The lowest BCUT2D eigenvalue weighted by atomic mass is 9.54. The number of nitrogens with zero attached hydrogens (tertiary/aromatic N) is 1. The summed E-state index contributed by atoms with van der Waals surface area (Å²) in [5.74, 6) is 2.90. The molecule has 196 valence electrons. The molecule has 0 aromatic heterocycles. The van der Waals surface area contributed by atoms with Gasteiger partial charge in [-0.25, -0.2) is 0 Å². The van der Waals surface area contributed by atoms with E-state index in [1.54, 1.807) is 16.7 Å². The van der Waals surface area contributed by atoms with E-state index >= 15 is 0 Å². The highest BCUT2D eigenvalue weighted by Crippen LogP contribution is 2.54. The molecular formula is C35H51N. The summed E-state index contributed by atoms with van der Waals surface area (Å²) < 4.78 is 0. The van der Waals surface area contributed by atoms with Crippen LogP contribution in [0.4, 0.5) is 0 Å². The summed E-state index contributed by atoms with van der Waals surface area (Å²) in [4.78, 5) is 5.56. The Morgan fingerprint density at radius 1 is 1.08 bits per heavy atom. The van der Waals surface area contributed by atoms with Crippen molar-refractivity contribution in [2.24, 2.45) is 22.7 Å². The molecule has 5 atom stereocenters. The van der Waals surface area contributed by atoms with E-state index in [-0.39, 0.29) is 0 Å². The Hall–Kier alpha value is -1.89. The van der Waals surface area contributed by atoms with E-state index in [0.717, 1.165) is 17.8 Å². The molecule has 36 heavy (non-hydrogen) atoms. The number of aliphatic imine (C=N–C) groups is 1. The number of hydrogen-bond acceptors (Lipinski definition) is 1. The van der Waals surface area contributed by atoms with Gasteiger partial charge in [0.15, 0.2) is 0 Å². The van der Waals surface area contributed by atoms with Crippen molar-refractivity contribution >= 4 is 5.71 Å². The van der Waals surface area contributed by atoms with Crippen LogP contribution in [0.25, 0.3) is 0 Å². The third kappa shape index (κ3) is 5.23. The van der Waals surface area contributed by atoms with Gasteiger partial charge in [-0.2, -0.15) is 0 Å². The van der Waals surface area contributed by atoms with Gasteiger partial charge in [0.1, 0.15) is 0 Å². The maximum Gasteiger partial charge on any atom is 0.0535 e. The van der Waals surface area contributed by atoms with E-state index in [4.69, 9.17) is 4.99 Å². The van der Waals surface area contributed by atoms with Crippen LogP contribution in [0.2, 0.25) is 0 Å². The molecule has 2 aromatic carbocycles. The summed E-state index contributed by atoms with van der Waals surface area (Å²) in [7, 11) is 0. The molecular weight excluding hydrogens is 434 g/mol. The second kappa shape index (κ2) is 11.2. The van der Waals surface area contributed by atoms with Crippen LogP contribution in [0.5, 0.6) is 0 Å². The Kier molecular flexibility index (Phi) is 8.48. The van der Waals surface area contributed by atoms with Crippen molar-refractivity contribution in [3.63, 3.8) is 0 Å². The highest BCUT2D eigenvalue weighted by Gasteiger charge is 2.48. The van der Waals surface area contributed by atoms with Crippen LogP contribution in [0.1, 0.15) is 126 Å². The van der Waals surface area contributed by atoms with Gasteiger partial charge in [-0.05, 0) is 109 Å². The first kappa shape index (κ1) is 27.2. The van der Waals surface area contributed by atoms with E-state index in [1.807, 2.05) is 13.8 Å². The highest BCUT2D eigenvalue weighted by molar-refractivity contribution is 6.05. The van der Waals surface area contributed by atoms with Crippen molar-refractivity contribution in [3.8, 4) is 0 Å². The summed E-state index contributed by atoms with van der Waals surface area (Å²) in [5, 5.41) is 0. The van der Waals surface area contributed by atoms with Gasteiger partial charge in [-0.3, -0.25) is 4.99 Å². The number of benzene rings is 2. The molecule has 3 aliphatic carbocycles. The smallest absolute Gasteiger partial charge is 0.0535 e. The topological polar surface area (TPSA) is 12.4 Å². The second-order valence-corrected chi connectivity index (χ2v) is 12.4. The highest BCUT2D eigenvalue weighted by atomic mass is 14.9. The lowest BCUT2D eigenvalue weighted by Gasteiger charge is -2.50. The van der Waals surface area contributed by atoms with E-state index in [9.17, 15) is 0 Å². The molecule has 0 amide bonds. The van der Waals surface area contributed by atoms with E-state index in [0.29, 0.717) is 17.4 Å². The molecule has 0 spiro atoms. The Labute approximate surface area is 222 Å². The van der Waals surface area contributed by atoms with Crippen LogP contribution >= 0.6 is 0 Å². The van der Waals surface area contributed by atoms with E-state index < -0.39 is 0 Å². The molecule has 0 N–H and O–H groups in total. The lowest BCUT2D eigenvalue weighted by molar-refractivity contribution is 0.139. The molecule has 0 saturated heterocycles. The normalized spacial score (nSPS) is 29.9. The minimum atomic E-state index is 0.315. The van der Waals surface area contributed by atoms with Crippen molar-refractivity contribution < 1.29 is 0 Å². The fourth-order valence-electron chi connectivity index (χ4n) is 7.82. The van der Waals surface area contributed by atoms with Crippen LogP contribution in [-0.4, -0.2) is 11.8 Å². The Bertz CT molecular complexity index is 1060. The molecule has 5 rings (SSSR count). The first-order valence-corrected chi connectivity index (χ1v) is 15.0. The largest absolute Gasteiger partial charge is 0.285 e. The van der Waals surface area contributed by atoms with Crippen molar-refractivity contribution in [3.05, 3.63) is 69.8 Å². The van der Waals surface area contributed by atoms with Gasteiger partial charge in [0.25, 0.3) is 0 Å². The summed E-state index contributed by atoms with van der Waals surface area (Å²) in [6, 6.07) is 14.1. The fraction of sp³-hybridized carbons (Fsp3) is 0.629. The quantitative estimate of drug-likeness (QED) is 0.386. The Balaban J connectivity index is 0.00000148. The molecule has 2 fully saturated rings. The first-order valence-electron chi connectivity index (χ1n) is 15.0. The SMILES string of the molecule is CC.Cc1cc2c(c(C)c1C(C)C)C(=NC1CC1CCCc1ccccc1)CC1C(C)CCCC21C. The van der Waals surface area contributed by atoms with Gasteiger partial charge in [0, 0.05) is 11.3 Å². The molecule has 5 unspecified atom stereocenters. The van der Waals surface area contributed by atoms with Gasteiger partial charge in [0.05, 0.1) is 6.04 Å². The number of hydrogen-bond donors (Lipinski definition) is 0. The molecule has 0 radical (unpaired) electrons. The van der Waals surface area contributed by atoms with Crippen LogP contribution in [0, 0.1) is 31.6 Å².